The summed E-state index contributed by atoms with van der Waals surface area (Å²) in [6, 6.07) is 42.1. The average molecular weight is 506 g/mol. The van der Waals surface area contributed by atoms with Crippen molar-refractivity contribution in [2.24, 2.45) is 0 Å². The number of aromatic nitrogens is 3. The second-order valence-corrected chi connectivity index (χ2v) is 10.1. The van der Waals surface area contributed by atoms with Crippen LogP contribution in [0.4, 0.5) is 0 Å². The number of hydrogen-bond donors (Lipinski definition) is 0. The van der Waals surface area contributed by atoms with Gasteiger partial charge in [-0.3, -0.25) is 4.57 Å². The lowest BCUT2D eigenvalue weighted by Gasteiger charge is -2.12. The minimum atomic E-state index is 0.629. The van der Waals surface area contributed by atoms with Gasteiger partial charge in [0.25, 0.3) is 0 Å². The highest BCUT2D eigenvalue weighted by molar-refractivity contribution is 6.32. The van der Waals surface area contributed by atoms with E-state index >= 15 is 0 Å². The van der Waals surface area contributed by atoms with Crippen molar-refractivity contribution in [1.29, 1.82) is 0 Å². The van der Waals surface area contributed by atoms with Crippen molar-refractivity contribution in [1.82, 2.24) is 14.5 Å². The van der Waals surface area contributed by atoms with E-state index < -0.39 is 0 Å². The first-order chi connectivity index (χ1) is 18.7. The summed E-state index contributed by atoms with van der Waals surface area (Å²) in [5.74, 6) is 0.629. The predicted molar refractivity (Wildman–Crippen MR) is 159 cm³/mol. The number of halogens is 1. The summed E-state index contributed by atoms with van der Waals surface area (Å²) < 4.78 is 2.15. The van der Waals surface area contributed by atoms with Crippen LogP contribution in [-0.4, -0.2) is 14.5 Å². The van der Waals surface area contributed by atoms with Gasteiger partial charge in [0.05, 0.1) is 22.2 Å². The molecule has 0 amide bonds. The first-order valence-corrected chi connectivity index (χ1v) is 13.0. The molecule has 0 aliphatic rings. The van der Waals surface area contributed by atoms with Crippen molar-refractivity contribution >= 4 is 65.9 Å². The van der Waals surface area contributed by atoms with Gasteiger partial charge in [-0.25, -0.2) is 9.97 Å². The zero-order chi connectivity index (χ0) is 25.2. The number of fused-ring (bicyclic) bond motifs is 7. The molecule has 6 aromatic carbocycles. The van der Waals surface area contributed by atoms with E-state index in [9.17, 15) is 0 Å². The quantitative estimate of drug-likeness (QED) is 0.234. The molecule has 0 radical (unpaired) electrons. The molecule has 3 nitrogen and oxygen atoms in total. The largest absolute Gasteiger partial charge is 0.278 e. The first kappa shape index (κ1) is 21.4. The topological polar surface area (TPSA) is 30.7 Å². The second-order valence-electron chi connectivity index (χ2n) is 9.63. The fourth-order valence-electron chi connectivity index (χ4n) is 5.70. The summed E-state index contributed by atoms with van der Waals surface area (Å²) in [7, 11) is 0. The standard InChI is InChI=1S/C34H20ClN3/c35-25-16-17-28-31(20-25)38(30-18-15-22-8-3-4-10-26(22)32(28)30)34-36-29-12-6-5-11-27(29)33(37-34)24-14-13-21-7-1-2-9-23(21)19-24/h1-20H. The highest BCUT2D eigenvalue weighted by Crippen LogP contribution is 2.38. The lowest BCUT2D eigenvalue weighted by atomic mass is 10.0. The van der Waals surface area contributed by atoms with Crippen LogP contribution in [0.15, 0.2) is 121 Å². The summed E-state index contributed by atoms with van der Waals surface area (Å²) >= 11 is 6.55. The summed E-state index contributed by atoms with van der Waals surface area (Å²) in [5.41, 5.74) is 4.92. The summed E-state index contributed by atoms with van der Waals surface area (Å²) in [6.07, 6.45) is 0. The maximum atomic E-state index is 6.55. The fourth-order valence-corrected chi connectivity index (χ4v) is 5.86. The molecule has 0 unspecified atom stereocenters. The van der Waals surface area contributed by atoms with Crippen LogP contribution < -0.4 is 0 Å². The van der Waals surface area contributed by atoms with Gasteiger partial charge in [0, 0.05) is 26.7 Å². The van der Waals surface area contributed by atoms with Crippen LogP contribution in [0.25, 0.3) is 71.5 Å². The Bertz CT molecular complexity index is 2210. The van der Waals surface area contributed by atoms with Crippen molar-refractivity contribution in [3.8, 4) is 17.2 Å². The molecule has 2 heterocycles. The molecule has 0 spiro atoms. The molecule has 0 aliphatic heterocycles. The Balaban J connectivity index is 1.50. The van der Waals surface area contributed by atoms with Gasteiger partial charge in [0.15, 0.2) is 0 Å². The van der Waals surface area contributed by atoms with Gasteiger partial charge in [-0.15, -0.1) is 0 Å². The lowest BCUT2D eigenvalue weighted by molar-refractivity contribution is 1.01. The third kappa shape index (κ3) is 3.16. The Hall–Kier alpha value is -4.73. The van der Waals surface area contributed by atoms with Crippen LogP contribution in [0.2, 0.25) is 5.02 Å². The maximum absolute atomic E-state index is 6.55. The highest BCUT2D eigenvalue weighted by Gasteiger charge is 2.19. The van der Waals surface area contributed by atoms with E-state index in [0.717, 1.165) is 38.6 Å². The Morgan fingerprint density at radius 1 is 0.526 bits per heavy atom. The Labute approximate surface area is 223 Å². The van der Waals surface area contributed by atoms with Crippen molar-refractivity contribution in [2.75, 3.05) is 0 Å². The third-order valence-corrected chi connectivity index (χ3v) is 7.67. The third-order valence-electron chi connectivity index (χ3n) is 7.43. The van der Waals surface area contributed by atoms with E-state index in [1.807, 2.05) is 24.3 Å². The van der Waals surface area contributed by atoms with E-state index in [4.69, 9.17) is 21.6 Å². The van der Waals surface area contributed by atoms with E-state index in [1.165, 1.54) is 26.9 Å². The molecule has 2 aromatic heterocycles. The lowest BCUT2D eigenvalue weighted by Crippen LogP contribution is -2.03. The number of rotatable bonds is 2. The molecule has 178 valence electrons. The average Bonchev–Trinajstić information content (AvgIpc) is 3.30. The van der Waals surface area contributed by atoms with Crippen LogP contribution in [0, 0.1) is 0 Å². The normalized spacial score (nSPS) is 11.8. The number of nitrogens with zero attached hydrogens (tertiary/aromatic N) is 3. The Morgan fingerprint density at radius 3 is 2.16 bits per heavy atom. The number of benzene rings is 6. The zero-order valence-corrected chi connectivity index (χ0v) is 21.0. The first-order valence-electron chi connectivity index (χ1n) is 12.6. The molecular weight excluding hydrogens is 486 g/mol. The van der Waals surface area contributed by atoms with E-state index in [-0.39, 0.29) is 0 Å². The SMILES string of the molecule is Clc1ccc2c3c4ccccc4ccc3n(-c3nc(-c4ccc5ccccc5c4)c4ccccc4n3)c2c1. The van der Waals surface area contributed by atoms with Crippen LogP contribution in [0.3, 0.4) is 0 Å². The monoisotopic (exact) mass is 505 g/mol. The molecule has 0 saturated carbocycles. The number of hydrogen-bond acceptors (Lipinski definition) is 2. The maximum Gasteiger partial charge on any atom is 0.235 e. The van der Waals surface area contributed by atoms with Gasteiger partial charge >= 0.3 is 0 Å². The highest BCUT2D eigenvalue weighted by atomic mass is 35.5. The van der Waals surface area contributed by atoms with Crippen LogP contribution in [0.1, 0.15) is 0 Å². The van der Waals surface area contributed by atoms with Gasteiger partial charge in [-0.05, 0) is 51.9 Å². The van der Waals surface area contributed by atoms with Crippen LogP contribution in [0.5, 0.6) is 0 Å². The van der Waals surface area contributed by atoms with Crippen LogP contribution in [-0.2, 0) is 0 Å². The van der Waals surface area contributed by atoms with Gasteiger partial charge in [-0.2, -0.15) is 0 Å². The van der Waals surface area contributed by atoms with E-state index in [1.54, 1.807) is 0 Å². The zero-order valence-electron chi connectivity index (χ0n) is 20.3. The minimum Gasteiger partial charge on any atom is -0.278 e. The summed E-state index contributed by atoms with van der Waals surface area (Å²) in [4.78, 5) is 10.3. The van der Waals surface area contributed by atoms with E-state index in [0.29, 0.717) is 11.0 Å². The molecule has 0 fully saturated rings. The smallest absolute Gasteiger partial charge is 0.235 e. The molecule has 0 atom stereocenters. The minimum absolute atomic E-state index is 0.629. The van der Waals surface area contributed by atoms with Gasteiger partial charge in [-0.1, -0.05) is 103 Å². The molecule has 0 N–H and O–H groups in total. The molecule has 4 heteroatoms. The molecule has 0 aliphatic carbocycles. The molecule has 0 bridgehead atoms. The fraction of sp³-hybridized carbons (Fsp3) is 0. The van der Waals surface area contributed by atoms with Crippen molar-refractivity contribution in [2.45, 2.75) is 0 Å². The van der Waals surface area contributed by atoms with Gasteiger partial charge < -0.3 is 0 Å². The predicted octanol–water partition coefficient (Wildman–Crippen LogP) is 9.35. The molecule has 0 saturated heterocycles. The van der Waals surface area contributed by atoms with Gasteiger partial charge in [0.2, 0.25) is 5.95 Å². The van der Waals surface area contributed by atoms with Crippen LogP contribution >= 0.6 is 11.6 Å². The Morgan fingerprint density at radius 2 is 1.26 bits per heavy atom. The molecule has 8 rings (SSSR count). The molecule has 38 heavy (non-hydrogen) atoms. The van der Waals surface area contributed by atoms with Crippen molar-refractivity contribution in [3.05, 3.63) is 126 Å². The molecule has 8 aromatic rings. The van der Waals surface area contributed by atoms with Crippen molar-refractivity contribution in [3.63, 3.8) is 0 Å². The second kappa shape index (κ2) is 8.14. The summed E-state index contributed by atoms with van der Waals surface area (Å²) in [6.45, 7) is 0. The van der Waals surface area contributed by atoms with Crippen molar-refractivity contribution < 1.29 is 0 Å². The summed E-state index contributed by atoms with van der Waals surface area (Å²) in [5, 5.41) is 8.81. The van der Waals surface area contributed by atoms with Gasteiger partial charge in [0.1, 0.15) is 0 Å². The number of para-hydroxylation sites is 1. The molecular formula is C34H20ClN3. The Kier molecular flexibility index (Phi) is 4.58. The van der Waals surface area contributed by atoms with E-state index in [2.05, 4.69) is 102 Å².